The maximum absolute atomic E-state index is 6.10. The fraction of sp³-hybridized carbons (Fsp3) is 0.133. The number of hydrogen-bond acceptors (Lipinski definition) is 6. The number of aromatic nitrogens is 3. The van der Waals surface area contributed by atoms with E-state index in [9.17, 15) is 0 Å². The molecule has 0 saturated carbocycles. The van der Waals surface area contributed by atoms with E-state index in [0.717, 1.165) is 32.0 Å². The molecule has 0 bridgehead atoms. The molecule has 0 amide bonds. The van der Waals surface area contributed by atoms with Gasteiger partial charge >= 0.3 is 0 Å². The Morgan fingerprint density at radius 3 is 2.86 bits per heavy atom. The lowest BCUT2D eigenvalue weighted by Crippen LogP contribution is -1.94. The first-order chi connectivity index (χ1) is 10.7. The van der Waals surface area contributed by atoms with Crippen molar-refractivity contribution in [1.29, 1.82) is 0 Å². The van der Waals surface area contributed by atoms with Gasteiger partial charge in [0.1, 0.15) is 5.01 Å². The van der Waals surface area contributed by atoms with Crippen molar-refractivity contribution in [2.24, 2.45) is 5.73 Å². The summed E-state index contributed by atoms with van der Waals surface area (Å²) < 4.78 is 0. The summed E-state index contributed by atoms with van der Waals surface area (Å²) in [5.41, 5.74) is 8.43. The average Bonchev–Trinajstić information content (AvgIpc) is 2.99. The molecular formula is C15H13ClN4S2. The van der Waals surface area contributed by atoms with Crippen LogP contribution in [0, 0.1) is 0 Å². The van der Waals surface area contributed by atoms with Crippen LogP contribution >= 0.6 is 34.7 Å². The van der Waals surface area contributed by atoms with E-state index in [1.165, 1.54) is 11.8 Å². The topological polar surface area (TPSA) is 64.7 Å². The molecule has 0 unspecified atom stereocenters. The van der Waals surface area contributed by atoms with Crippen molar-refractivity contribution in [2.75, 3.05) is 6.26 Å². The predicted octanol–water partition coefficient (Wildman–Crippen LogP) is 4.10. The summed E-state index contributed by atoms with van der Waals surface area (Å²) in [5.74, 6) is 0. The monoisotopic (exact) mass is 348 g/mol. The minimum Gasteiger partial charge on any atom is -0.325 e. The van der Waals surface area contributed by atoms with E-state index in [4.69, 9.17) is 17.3 Å². The number of thiazole rings is 1. The molecular weight excluding hydrogens is 336 g/mol. The second-order valence-electron chi connectivity index (χ2n) is 4.43. The van der Waals surface area contributed by atoms with Gasteiger partial charge in [0, 0.05) is 23.3 Å². The van der Waals surface area contributed by atoms with Gasteiger partial charge in [-0.2, -0.15) is 0 Å². The lowest BCUT2D eigenvalue weighted by Gasteiger charge is -2.03. The molecule has 0 fully saturated rings. The van der Waals surface area contributed by atoms with Crippen LogP contribution in [0.2, 0.25) is 5.02 Å². The Kier molecular flexibility index (Phi) is 4.73. The molecule has 0 atom stereocenters. The Bertz CT molecular complexity index is 804. The highest BCUT2D eigenvalue weighted by atomic mass is 35.5. The fourth-order valence-corrected chi connectivity index (χ4v) is 3.50. The van der Waals surface area contributed by atoms with Crippen molar-refractivity contribution in [2.45, 2.75) is 11.7 Å². The summed E-state index contributed by atoms with van der Waals surface area (Å²) in [6.45, 7) is 0.401. The first-order valence-electron chi connectivity index (χ1n) is 6.54. The number of hydrogen-bond donors (Lipinski definition) is 1. The summed E-state index contributed by atoms with van der Waals surface area (Å²) in [4.78, 5) is 14.4. The summed E-state index contributed by atoms with van der Waals surface area (Å²) in [5, 5.41) is 2.28. The van der Waals surface area contributed by atoms with E-state index in [-0.39, 0.29) is 0 Å². The molecule has 2 N–H and O–H groups in total. The third kappa shape index (κ3) is 3.15. The standard InChI is InChI=1S/C15H13ClN4S2/c1-21-15-18-6-5-11(19-15)14-13(20-12(8-17)22-14)9-3-2-4-10(16)7-9/h2-7H,8,17H2,1H3. The number of benzene rings is 1. The van der Waals surface area contributed by atoms with E-state index < -0.39 is 0 Å². The second kappa shape index (κ2) is 6.75. The third-order valence-corrected chi connectivity index (χ3v) is 4.89. The van der Waals surface area contributed by atoms with Crippen molar-refractivity contribution in [3.05, 3.63) is 46.6 Å². The lowest BCUT2D eigenvalue weighted by atomic mass is 10.1. The van der Waals surface area contributed by atoms with Crippen molar-refractivity contribution in [3.8, 4) is 21.8 Å². The van der Waals surface area contributed by atoms with Gasteiger partial charge in [-0.1, -0.05) is 35.5 Å². The van der Waals surface area contributed by atoms with Crippen molar-refractivity contribution in [1.82, 2.24) is 15.0 Å². The molecule has 22 heavy (non-hydrogen) atoms. The van der Waals surface area contributed by atoms with E-state index in [1.807, 2.05) is 36.6 Å². The average molecular weight is 349 g/mol. The number of rotatable bonds is 4. The van der Waals surface area contributed by atoms with Crippen LogP contribution in [0.15, 0.2) is 41.7 Å². The van der Waals surface area contributed by atoms with Gasteiger partial charge in [-0.05, 0) is 24.5 Å². The van der Waals surface area contributed by atoms with Gasteiger partial charge in [0.2, 0.25) is 0 Å². The second-order valence-corrected chi connectivity index (χ2v) is 6.72. The van der Waals surface area contributed by atoms with Gasteiger partial charge in [-0.25, -0.2) is 15.0 Å². The van der Waals surface area contributed by atoms with E-state index in [1.54, 1.807) is 17.5 Å². The largest absolute Gasteiger partial charge is 0.325 e. The highest BCUT2D eigenvalue weighted by Crippen LogP contribution is 2.36. The lowest BCUT2D eigenvalue weighted by molar-refractivity contribution is 0.978. The molecule has 0 aliphatic carbocycles. The van der Waals surface area contributed by atoms with Crippen molar-refractivity contribution in [3.63, 3.8) is 0 Å². The van der Waals surface area contributed by atoms with E-state index >= 15 is 0 Å². The summed E-state index contributed by atoms with van der Waals surface area (Å²) >= 11 is 9.17. The molecule has 2 aromatic heterocycles. The van der Waals surface area contributed by atoms with Crippen LogP contribution in [0.1, 0.15) is 5.01 Å². The Morgan fingerprint density at radius 2 is 2.14 bits per heavy atom. The van der Waals surface area contributed by atoms with Gasteiger partial charge in [0.25, 0.3) is 0 Å². The zero-order chi connectivity index (χ0) is 15.5. The van der Waals surface area contributed by atoms with Gasteiger partial charge in [0.05, 0.1) is 16.3 Å². The zero-order valence-corrected chi connectivity index (χ0v) is 14.2. The molecule has 112 valence electrons. The molecule has 3 aromatic rings. The molecule has 0 spiro atoms. The number of thioether (sulfide) groups is 1. The maximum Gasteiger partial charge on any atom is 0.187 e. The van der Waals surface area contributed by atoms with Gasteiger partial charge in [-0.3, -0.25) is 0 Å². The predicted molar refractivity (Wildman–Crippen MR) is 93.3 cm³/mol. The van der Waals surface area contributed by atoms with Gasteiger partial charge < -0.3 is 5.73 Å². The minimum atomic E-state index is 0.401. The molecule has 4 nitrogen and oxygen atoms in total. The Labute approximate surface area is 141 Å². The number of halogens is 1. The first-order valence-corrected chi connectivity index (χ1v) is 8.96. The molecule has 0 aliphatic rings. The van der Waals surface area contributed by atoms with Crippen LogP contribution in [-0.2, 0) is 6.54 Å². The van der Waals surface area contributed by atoms with Crippen LogP contribution < -0.4 is 5.73 Å². The molecule has 2 heterocycles. The Morgan fingerprint density at radius 1 is 1.27 bits per heavy atom. The summed E-state index contributed by atoms with van der Waals surface area (Å²) in [6.07, 6.45) is 3.72. The normalized spacial score (nSPS) is 10.9. The smallest absolute Gasteiger partial charge is 0.187 e. The third-order valence-electron chi connectivity index (χ3n) is 2.99. The van der Waals surface area contributed by atoms with Gasteiger partial charge in [0.15, 0.2) is 5.16 Å². The highest BCUT2D eigenvalue weighted by Gasteiger charge is 2.16. The summed E-state index contributed by atoms with van der Waals surface area (Å²) in [6, 6.07) is 9.54. The van der Waals surface area contributed by atoms with E-state index in [0.29, 0.717) is 11.6 Å². The molecule has 1 aromatic carbocycles. The first kappa shape index (κ1) is 15.4. The zero-order valence-electron chi connectivity index (χ0n) is 11.8. The van der Waals surface area contributed by atoms with Crippen LogP contribution in [0.5, 0.6) is 0 Å². The maximum atomic E-state index is 6.10. The van der Waals surface area contributed by atoms with Crippen LogP contribution in [0.4, 0.5) is 0 Å². The van der Waals surface area contributed by atoms with Gasteiger partial charge in [-0.15, -0.1) is 11.3 Å². The van der Waals surface area contributed by atoms with Crippen LogP contribution in [0.25, 0.3) is 21.8 Å². The van der Waals surface area contributed by atoms with Crippen LogP contribution in [-0.4, -0.2) is 21.2 Å². The number of nitrogens with zero attached hydrogens (tertiary/aromatic N) is 3. The molecule has 0 aliphatic heterocycles. The molecule has 0 saturated heterocycles. The Balaban J connectivity index is 2.16. The summed E-state index contributed by atoms with van der Waals surface area (Å²) in [7, 11) is 0. The van der Waals surface area contributed by atoms with Crippen molar-refractivity contribution < 1.29 is 0 Å². The quantitative estimate of drug-likeness (QED) is 0.568. The molecule has 0 radical (unpaired) electrons. The SMILES string of the molecule is CSc1nccc(-c2sc(CN)nc2-c2cccc(Cl)c2)n1. The molecule has 7 heteroatoms. The van der Waals surface area contributed by atoms with Crippen LogP contribution in [0.3, 0.4) is 0 Å². The minimum absolute atomic E-state index is 0.401. The number of nitrogens with two attached hydrogens (primary N) is 1. The van der Waals surface area contributed by atoms with E-state index in [2.05, 4.69) is 15.0 Å². The highest BCUT2D eigenvalue weighted by molar-refractivity contribution is 7.98. The molecule has 3 rings (SSSR count). The fourth-order valence-electron chi connectivity index (χ4n) is 2.02. The Hall–Kier alpha value is -1.47. The van der Waals surface area contributed by atoms with Crippen molar-refractivity contribution >= 4 is 34.7 Å².